The van der Waals surface area contributed by atoms with Gasteiger partial charge in [0.05, 0.1) is 11.7 Å². The highest BCUT2D eigenvalue weighted by Crippen LogP contribution is 2.15. The van der Waals surface area contributed by atoms with Crippen molar-refractivity contribution in [3.05, 3.63) is 59.9 Å². The van der Waals surface area contributed by atoms with Crippen LogP contribution in [0.25, 0.3) is 0 Å². The molecule has 7 nitrogen and oxygen atoms in total. The SMILES string of the molecule is CCN(CC)C(=O)c1cccc(NC(=O)C(C)N2CCN(Cc3ccccn3)CC2)c1. The average Bonchev–Trinajstić information content (AvgIpc) is 2.80. The van der Waals surface area contributed by atoms with Crippen molar-refractivity contribution in [1.29, 1.82) is 0 Å². The Kier molecular flexibility index (Phi) is 8.14. The number of hydrogen-bond donors (Lipinski definition) is 1. The lowest BCUT2D eigenvalue weighted by Gasteiger charge is -2.37. The monoisotopic (exact) mass is 423 g/mol. The van der Waals surface area contributed by atoms with Gasteiger partial charge in [-0.2, -0.15) is 0 Å². The van der Waals surface area contributed by atoms with Crippen LogP contribution >= 0.6 is 0 Å². The first-order chi connectivity index (χ1) is 15.0. The maximum Gasteiger partial charge on any atom is 0.253 e. The molecule has 7 heteroatoms. The van der Waals surface area contributed by atoms with Crippen LogP contribution in [-0.2, 0) is 11.3 Å². The molecule has 2 aromatic rings. The first-order valence-corrected chi connectivity index (χ1v) is 11.1. The van der Waals surface area contributed by atoms with Gasteiger partial charge in [-0.25, -0.2) is 0 Å². The molecule has 1 aromatic carbocycles. The number of carbonyl (C=O) groups excluding carboxylic acids is 2. The van der Waals surface area contributed by atoms with E-state index < -0.39 is 0 Å². The Bertz CT molecular complexity index is 861. The average molecular weight is 424 g/mol. The van der Waals surface area contributed by atoms with Crippen LogP contribution in [0.3, 0.4) is 0 Å². The molecule has 1 saturated heterocycles. The number of aromatic nitrogens is 1. The van der Waals surface area contributed by atoms with E-state index in [4.69, 9.17) is 0 Å². The highest BCUT2D eigenvalue weighted by atomic mass is 16.2. The minimum Gasteiger partial charge on any atom is -0.339 e. The lowest BCUT2D eigenvalue weighted by Crippen LogP contribution is -2.52. The highest BCUT2D eigenvalue weighted by molar-refractivity contribution is 5.98. The van der Waals surface area contributed by atoms with E-state index in [2.05, 4.69) is 20.1 Å². The van der Waals surface area contributed by atoms with Crippen molar-refractivity contribution in [3.8, 4) is 0 Å². The molecule has 1 fully saturated rings. The molecular formula is C24H33N5O2. The van der Waals surface area contributed by atoms with Crippen molar-refractivity contribution in [3.63, 3.8) is 0 Å². The summed E-state index contributed by atoms with van der Waals surface area (Å²) in [6, 6.07) is 12.9. The number of nitrogens with zero attached hydrogens (tertiary/aromatic N) is 4. The van der Waals surface area contributed by atoms with E-state index in [0.29, 0.717) is 24.3 Å². The number of anilines is 1. The molecule has 1 aromatic heterocycles. The first kappa shape index (κ1) is 22.9. The molecule has 0 radical (unpaired) electrons. The minimum atomic E-state index is -0.237. The zero-order valence-corrected chi connectivity index (χ0v) is 18.8. The van der Waals surface area contributed by atoms with Gasteiger partial charge < -0.3 is 10.2 Å². The molecule has 3 rings (SSSR count). The van der Waals surface area contributed by atoms with Gasteiger partial charge in [0.1, 0.15) is 0 Å². The van der Waals surface area contributed by atoms with Crippen LogP contribution in [0.5, 0.6) is 0 Å². The van der Waals surface area contributed by atoms with Gasteiger partial charge in [-0.05, 0) is 51.1 Å². The third-order valence-corrected chi connectivity index (χ3v) is 5.87. The minimum absolute atomic E-state index is 0.0156. The molecular weight excluding hydrogens is 390 g/mol. The summed E-state index contributed by atoms with van der Waals surface area (Å²) in [4.78, 5) is 36.2. The van der Waals surface area contributed by atoms with Crippen LogP contribution in [0.2, 0.25) is 0 Å². The molecule has 0 saturated carbocycles. The van der Waals surface area contributed by atoms with E-state index >= 15 is 0 Å². The van der Waals surface area contributed by atoms with Crippen LogP contribution in [0.4, 0.5) is 5.69 Å². The topological polar surface area (TPSA) is 68.8 Å². The van der Waals surface area contributed by atoms with Gasteiger partial charge in [-0.1, -0.05) is 12.1 Å². The maximum atomic E-state index is 12.8. The quantitative estimate of drug-likeness (QED) is 0.707. The van der Waals surface area contributed by atoms with E-state index in [1.807, 2.05) is 57.3 Å². The molecule has 2 heterocycles. The van der Waals surface area contributed by atoms with Crippen molar-refractivity contribution in [2.75, 3.05) is 44.6 Å². The fraction of sp³-hybridized carbons (Fsp3) is 0.458. The van der Waals surface area contributed by atoms with Crippen LogP contribution < -0.4 is 5.32 Å². The fourth-order valence-corrected chi connectivity index (χ4v) is 3.87. The van der Waals surface area contributed by atoms with E-state index in [-0.39, 0.29) is 17.9 Å². The number of piperazine rings is 1. The largest absolute Gasteiger partial charge is 0.339 e. The van der Waals surface area contributed by atoms with E-state index in [1.54, 1.807) is 17.0 Å². The summed E-state index contributed by atoms with van der Waals surface area (Å²) in [5.74, 6) is -0.0659. The number of rotatable bonds is 8. The van der Waals surface area contributed by atoms with Gasteiger partial charge in [0.15, 0.2) is 0 Å². The Hall–Kier alpha value is -2.77. The summed E-state index contributed by atoms with van der Waals surface area (Å²) in [5.41, 5.74) is 2.32. The molecule has 0 bridgehead atoms. The van der Waals surface area contributed by atoms with E-state index in [9.17, 15) is 9.59 Å². The Balaban J connectivity index is 1.53. The zero-order chi connectivity index (χ0) is 22.2. The first-order valence-electron chi connectivity index (χ1n) is 11.1. The second kappa shape index (κ2) is 11.0. The third kappa shape index (κ3) is 6.12. The molecule has 166 valence electrons. The molecule has 1 N–H and O–H groups in total. The Morgan fingerprint density at radius 3 is 2.45 bits per heavy atom. The molecule has 1 aliphatic heterocycles. The molecule has 1 unspecified atom stereocenters. The molecule has 0 aliphatic carbocycles. The number of nitrogens with one attached hydrogen (secondary N) is 1. The number of carbonyl (C=O) groups is 2. The Morgan fingerprint density at radius 1 is 1.06 bits per heavy atom. The van der Waals surface area contributed by atoms with E-state index in [1.165, 1.54) is 0 Å². The van der Waals surface area contributed by atoms with Crippen LogP contribution in [0, 0.1) is 0 Å². The molecule has 2 amide bonds. The van der Waals surface area contributed by atoms with E-state index in [0.717, 1.165) is 38.4 Å². The summed E-state index contributed by atoms with van der Waals surface area (Å²) in [5, 5.41) is 2.99. The van der Waals surface area contributed by atoms with Gasteiger partial charge in [0.2, 0.25) is 5.91 Å². The number of hydrogen-bond acceptors (Lipinski definition) is 5. The van der Waals surface area contributed by atoms with Crippen molar-refractivity contribution in [2.45, 2.75) is 33.4 Å². The second-order valence-corrected chi connectivity index (χ2v) is 7.86. The molecule has 0 spiro atoms. The van der Waals surface area contributed by atoms with Crippen molar-refractivity contribution < 1.29 is 9.59 Å². The molecule has 1 atom stereocenters. The summed E-state index contributed by atoms with van der Waals surface area (Å²) >= 11 is 0. The smallest absolute Gasteiger partial charge is 0.253 e. The Labute approximate surface area is 185 Å². The predicted molar refractivity (Wildman–Crippen MR) is 123 cm³/mol. The summed E-state index contributed by atoms with van der Waals surface area (Å²) in [7, 11) is 0. The maximum absolute atomic E-state index is 12.8. The summed E-state index contributed by atoms with van der Waals surface area (Å²) < 4.78 is 0. The fourth-order valence-electron chi connectivity index (χ4n) is 3.87. The van der Waals surface area contributed by atoms with Gasteiger partial charge in [-0.3, -0.25) is 24.4 Å². The van der Waals surface area contributed by atoms with Crippen molar-refractivity contribution in [2.24, 2.45) is 0 Å². The standard InChI is InChI=1S/C24H33N5O2/c1-4-28(5-2)24(31)20-9-8-11-21(17-20)26-23(30)19(3)29-15-13-27(14-16-29)18-22-10-6-7-12-25-22/h6-12,17,19H,4-5,13-16,18H2,1-3H3,(H,26,30). The van der Waals surface area contributed by atoms with Crippen LogP contribution in [0.1, 0.15) is 36.8 Å². The van der Waals surface area contributed by atoms with Crippen LogP contribution in [0.15, 0.2) is 48.7 Å². The van der Waals surface area contributed by atoms with Gasteiger partial charge in [-0.15, -0.1) is 0 Å². The molecule has 1 aliphatic rings. The lowest BCUT2D eigenvalue weighted by molar-refractivity contribution is -0.121. The summed E-state index contributed by atoms with van der Waals surface area (Å²) in [6.07, 6.45) is 1.82. The number of amides is 2. The van der Waals surface area contributed by atoms with Crippen molar-refractivity contribution >= 4 is 17.5 Å². The van der Waals surface area contributed by atoms with Gasteiger partial charge in [0.25, 0.3) is 5.91 Å². The second-order valence-electron chi connectivity index (χ2n) is 7.86. The predicted octanol–water partition coefficient (Wildman–Crippen LogP) is 2.71. The lowest BCUT2D eigenvalue weighted by atomic mass is 10.1. The highest BCUT2D eigenvalue weighted by Gasteiger charge is 2.26. The third-order valence-electron chi connectivity index (χ3n) is 5.87. The van der Waals surface area contributed by atoms with Gasteiger partial charge >= 0.3 is 0 Å². The molecule has 31 heavy (non-hydrogen) atoms. The van der Waals surface area contributed by atoms with Crippen LogP contribution in [-0.4, -0.2) is 76.8 Å². The normalized spacial score (nSPS) is 16.0. The van der Waals surface area contributed by atoms with Crippen molar-refractivity contribution in [1.82, 2.24) is 19.7 Å². The van der Waals surface area contributed by atoms with Gasteiger partial charge in [0, 0.05) is 63.3 Å². The number of pyridine rings is 1. The Morgan fingerprint density at radius 2 is 1.81 bits per heavy atom. The number of benzene rings is 1. The zero-order valence-electron chi connectivity index (χ0n) is 18.8. The summed E-state index contributed by atoms with van der Waals surface area (Å²) in [6.45, 7) is 11.5.